The maximum atomic E-state index is 13.8. The summed E-state index contributed by atoms with van der Waals surface area (Å²) in [6, 6.07) is 8.91. The number of hydrogen-bond donors (Lipinski definition) is 2. The molecule has 0 bridgehead atoms. The predicted molar refractivity (Wildman–Crippen MR) is 90.9 cm³/mol. The molecule has 2 atom stereocenters. The number of aromatic nitrogens is 1. The summed E-state index contributed by atoms with van der Waals surface area (Å²) in [5.41, 5.74) is 1.15. The van der Waals surface area contributed by atoms with E-state index in [0.717, 1.165) is 11.8 Å². The summed E-state index contributed by atoms with van der Waals surface area (Å²) in [5, 5.41) is 12.2. The topological polar surface area (TPSA) is 62.2 Å². The van der Waals surface area contributed by atoms with Crippen LogP contribution in [0.3, 0.4) is 0 Å². The van der Waals surface area contributed by atoms with E-state index in [4.69, 9.17) is 0 Å². The molecule has 25 heavy (non-hydrogen) atoms. The number of nitrogens with zero attached hydrogens (tertiary/aromatic N) is 1. The number of halogens is 2. The van der Waals surface area contributed by atoms with Crippen LogP contribution in [0.2, 0.25) is 0 Å². The van der Waals surface area contributed by atoms with Gasteiger partial charge in [0.05, 0.1) is 0 Å². The van der Waals surface area contributed by atoms with Gasteiger partial charge < -0.3 is 10.4 Å². The van der Waals surface area contributed by atoms with E-state index in [1.807, 2.05) is 18.2 Å². The van der Waals surface area contributed by atoms with Crippen LogP contribution in [0.1, 0.15) is 30.5 Å². The molecule has 2 rings (SSSR count). The molecule has 0 aliphatic heterocycles. The Bertz CT molecular complexity index is 695. The van der Waals surface area contributed by atoms with Crippen molar-refractivity contribution in [2.45, 2.75) is 25.7 Å². The van der Waals surface area contributed by atoms with Crippen molar-refractivity contribution in [1.82, 2.24) is 10.3 Å². The minimum absolute atomic E-state index is 0.0704. The number of carbonyl (C=O) groups excluding carboxylic acids is 1. The quantitative estimate of drug-likeness (QED) is 0.771. The molecule has 134 valence electrons. The fraction of sp³-hybridized carbons (Fsp3) is 0.368. The number of benzene rings is 1. The van der Waals surface area contributed by atoms with Gasteiger partial charge in [0.25, 0.3) is 0 Å². The van der Waals surface area contributed by atoms with Crippen molar-refractivity contribution >= 4 is 5.91 Å². The van der Waals surface area contributed by atoms with Crippen LogP contribution in [-0.2, 0) is 11.2 Å². The number of amides is 1. The molecule has 2 aromatic rings. The first-order chi connectivity index (χ1) is 12.0. The Morgan fingerprint density at radius 3 is 2.72 bits per heavy atom. The molecule has 2 unspecified atom stereocenters. The highest BCUT2D eigenvalue weighted by atomic mass is 19.1. The minimum Gasteiger partial charge on any atom is -0.396 e. The summed E-state index contributed by atoms with van der Waals surface area (Å²) < 4.78 is 26.7. The molecular formula is C19H22F2N2O2. The van der Waals surface area contributed by atoms with Gasteiger partial charge in [0, 0.05) is 43.4 Å². The highest BCUT2D eigenvalue weighted by Crippen LogP contribution is 2.22. The number of hydrogen-bond acceptors (Lipinski definition) is 3. The Kier molecular flexibility index (Phi) is 7.01. The highest BCUT2D eigenvalue weighted by molar-refractivity contribution is 5.76. The number of aliphatic hydroxyl groups is 1. The van der Waals surface area contributed by atoms with Crippen LogP contribution in [0.25, 0.3) is 0 Å². The number of rotatable bonds is 8. The molecule has 4 nitrogen and oxygen atoms in total. The summed E-state index contributed by atoms with van der Waals surface area (Å²) in [7, 11) is 0. The lowest BCUT2D eigenvalue weighted by atomic mass is 9.96. The van der Waals surface area contributed by atoms with Crippen molar-refractivity contribution in [2.75, 3.05) is 13.2 Å². The third kappa shape index (κ3) is 5.90. The van der Waals surface area contributed by atoms with Crippen molar-refractivity contribution in [1.29, 1.82) is 0 Å². The van der Waals surface area contributed by atoms with E-state index in [-0.39, 0.29) is 30.8 Å². The van der Waals surface area contributed by atoms with Gasteiger partial charge in [-0.15, -0.1) is 0 Å². The second-order valence-electron chi connectivity index (χ2n) is 6.15. The van der Waals surface area contributed by atoms with Crippen molar-refractivity contribution in [3.8, 4) is 0 Å². The zero-order valence-corrected chi connectivity index (χ0v) is 14.1. The zero-order valence-electron chi connectivity index (χ0n) is 14.1. The van der Waals surface area contributed by atoms with Crippen LogP contribution in [-0.4, -0.2) is 29.1 Å². The van der Waals surface area contributed by atoms with Crippen LogP contribution in [0.15, 0.2) is 42.6 Å². The van der Waals surface area contributed by atoms with E-state index >= 15 is 0 Å². The van der Waals surface area contributed by atoms with Gasteiger partial charge in [-0.2, -0.15) is 0 Å². The standard InChI is InChI=1S/C19H22F2N2O2/c1-13(17-6-5-15(20)10-18(17)21)8-19(25)23-11-14(12-24)9-16-4-2-3-7-22-16/h2-7,10,13-14,24H,8-9,11-12H2,1H3,(H,23,25). The Balaban J connectivity index is 1.84. The molecule has 0 fully saturated rings. The highest BCUT2D eigenvalue weighted by Gasteiger charge is 2.17. The molecule has 0 radical (unpaired) electrons. The molecule has 1 aromatic carbocycles. The smallest absolute Gasteiger partial charge is 0.220 e. The molecule has 0 spiro atoms. The van der Waals surface area contributed by atoms with Crippen molar-refractivity contribution in [2.24, 2.45) is 5.92 Å². The maximum Gasteiger partial charge on any atom is 0.220 e. The van der Waals surface area contributed by atoms with E-state index in [9.17, 15) is 18.7 Å². The molecule has 0 saturated heterocycles. The molecule has 6 heteroatoms. The second-order valence-corrected chi connectivity index (χ2v) is 6.15. The zero-order chi connectivity index (χ0) is 18.2. The maximum absolute atomic E-state index is 13.8. The Morgan fingerprint density at radius 1 is 1.28 bits per heavy atom. The number of carbonyl (C=O) groups is 1. The fourth-order valence-electron chi connectivity index (χ4n) is 2.64. The fourth-order valence-corrected chi connectivity index (χ4v) is 2.64. The molecule has 0 aliphatic carbocycles. The Morgan fingerprint density at radius 2 is 2.08 bits per heavy atom. The first-order valence-corrected chi connectivity index (χ1v) is 8.22. The lowest BCUT2D eigenvalue weighted by Crippen LogP contribution is -2.32. The van der Waals surface area contributed by atoms with Crippen molar-refractivity contribution in [3.63, 3.8) is 0 Å². The van der Waals surface area contributed by atoms with Gasteiger partial charge in [-0.25, -0.2) is 8.78 Å². The average Bonchev–Trinajstić information content (AvgIpc) is 2.59. The first kappa shape index (κ1) is 19.0. The molecule has 1 aromatic heterocycles. The van der Waals surface area contributed by atoms with Crippen LogP contribution in [0.4, 0.5) is 8.78 Å². The largest absolute Gasteiger partial charge is 0.396 e. The molecule has 0 aliphatic rings. The normalized spacial score (nSPS) is 13.3. The third-order valence-electron chi connectivity index (χ3n) is 4.06. The van der Waals surface area contributed by atoms with E-state index in [1.165, 1.54) is 12.1 Å². The van der Waals surface area contributed by atoms with Crippen LogP contribution in [0.5, 0.6) is 0 Å². The molecule has 1 amide bonds. The molecule has 2 N–H and O–H groups in total. The van der Waals surface area contributed by atoms with Crippen molar-refractivity contribution in [3.05, 3.63) is 65.5 Å². The van der Waals surface area contributed by atoms with Crippen molar-refractivity contribution < 1.29 is 18.7 Å². The number of aliphatic hydroxyl groups excluding tert-OH is 1. The van der Waals surface area contributed by atoms with Gasteiger partial charge in [-0.1, -0.05) is 19.1 Å². The van der Waals surface area contributed by atoms with Crippen LogP contribution < -0.4 is 5.32 Å². The summed E-state index contributed by atoms with van der Waals surface area (Å²) in [6.07, 6.45) is 2.32. The molecular weight excluding hydrogens is 326 g/mol. The average molecular weight is 348 g/mol. The minimum atomic E-state index is -0.649. The van der Waals surface area contributed by atoms with E-state index in [1.54, 1.807) is 13.1 Å². The molecule has 0 saturated carbocycles. The van der Waals surface area contributed by atoms with Gasteiger partial charge in [-0.05, 0) is 36.1 Å². The van der Waals surface area contributed by atoms with E-state index in [2.05, 4.69) is 10.3 Å². The van der Waals surface area contributed by atoms with Gasteiger partial charge in [0.1, 0.15) is 11.6 Å². The summed E-state index contributed by atoms with van der Waals surface area (Å²) in [4.78, 5) is 16.3. The van der Waals surface area contributed by atoms with Crippen LogP contribution >= 0.6 is 0 Å². The van der Waals surface area contributed by atoms with Gasteiger partial charge in [0.2, 0.25) is 5.91 Å². The van der Waals surface area contributed by atoms with Gasteiger partial charge in [0.15, 0.2) is 0 Å². The monoisotopic (exact) mass is 348 g/mol. The molecule has 1 heterocycles. The van der Waals surface area contributed by atoms with Gasteiger partial charge >= 0.3 is 0 Å². The Labute approximate surface area is 145 Å². The van der Waals surface area contributed by atoms with Crippen LogP contribution in [0, 0.1) is 17.6 Å². The second kappa shape index (κ2) is 9.22. The van der Waals surface area contributed by atoms with E-state index in [0.29, 0.717) is 18.5 Å². The predicted octanol–water partition coefficient (Wildman–Crippen LogP) is 2.82. The number of nitrogens with one attached hydrogen (secondary N) is 1. The lowest BCUT2D eigenvalue weighted by molar-refractivity contribution is -0.121. The lowest BCUT2D eigenvalue weighted by Gasteiger charge is -2.17. The summed E-state index contributed by atoms with van der Waals surface area (Å²) in [5.74, 6) is -2.04. The summed E-state index contributed by atoms with van der Waals surface area (Å²) >= 11 is 0. The number of pyridine rings is 1. The third-order valence-corrected chi connectivity index (χ3v) is 4.06. The Hall–Kier alpha value is -2.34. The SMILES string of the molecule is CC(CC(=O)NCC(CO)Cc1ccccn1)c1ccc(F)cc1F. The van der Waals surface area contributed by atoms with E-state index < -0.39 is 11.6 Å². The first-order valence-electron chi connectivity index (χ1n) is 8.22. The van der Waals surface area contributed by atoms with Gasteiger partial charge in [-0.3, -0.25) is 9.78 Å². The summed E-state index contributed by atoms with van der Waals surface area (Å²) in [6.45, 7) is 1.96.